The molecule has 8 heteroatoms. The molecule has 0 bridgehead atoms. The van der Waals surface area contributed by atoms with E-state index >= 15 is 0 Å². The summed E-state index contributed by atoms with van der Waals surface area (Å²) in [6.07, 6.45) is 1.40. The molecule has 0 aromatic heterocycles. The molecular weight excluding hydrogens is 419 g/mol. The predicted octanol–water partition coefficient (Wildman–Crippen LogP) is 4.20. The van der Waals surface area contributed by atoms with Gasteiger partial charge in [-0.1, -0.05) is 24.3 Å². The number of rotatable bonds is 5. The molecule has 0 amide bonds. The summed E-state index contributed by atoms with van der Waals surface area (Å²) in [5.41, 5.74) is 1.64. The Balaban J connectivity index is 1.77. The van der Waals surface area contributed by atoms with Crippen molar-refractivity contribution in [2.45, 2.75) is 4.90 Å². The third-order valence-electron chi connectivity index (χ3n) is 4.67. The number of ether oxygens (including phenoxy) is 1. The zero-order chi connectivity index (χ0) is 22.0. The number of carbonyl (C=O) groups is 1. The van der Waals surface area contributed by atoms with Crippen molar-refractivity contribution in [1.29, 1.82) is 0 Å². The Morgan fingerprint density at radius 2 is 1.55 bits per heavy atom. The molecule has 31 heavy (non-hydrogen) atoms. The standard InChI is InChI=1S/C23H17FN2O4S/c1-30-17-10-8-16(9-11-17)25-22-14-21(19-4-2-3-5-20(19)23(22)27)26-31(28,29)18-12-6-15(24)7-13-18/h2-14,25H,1H3/b26-21+. The Hall–Kier alpha value is -3.78. The number of Topliss-reactive ketones (excluding diaryl/α,β-unsaturated/α-hetero) is 1. The summed E-state index contributed by atoms with van der Waals surface area (Å²) < 4.78 is 47.8. The van der Waals surface area contributed by atoms with Gasteiger partial charge in [0.05, 0.1) is 23.4 Å². The lowest BCUT2D eigenvalue weighted by Gasteiger charge is -2.19. The van der Waals surface area contributed by atoms with Gasteiger partial charge in [0.15, 0.2) is 0 Å². The highest BCUT2D eigenvalue weighted by Gasteiger charge is 2.26. The van der Waals surface area contributed by atoms with Crippen LogP contribution in [-0.4, -0.2) is 27.0 Å². The van der Waals surface area contributed by atoms with Crippen LogP contribution in [0.25, 0.3) is 0 Å². The summed E-state index contributed by atoms with van der Waals surface area (Å²) in [5.74, 6) is -0.178. The predicted molar refractivity (Wildman–Crippen MR) is 116 cm³/mol. The fraction of sp³-hybridized carbons (Fsp3) is 0.0435. The minimum Gasteiger partial charge on any atom is -0.497 e. The quantitative estimate of drug-likeness (QED) is 0.648. The van der Waals surface area contributed by atoms with E-state index in [2.05, 4.69) is 9.71 Å². The fourth-order valence-corrected chi connectivity index (χ4v) is 4.11. The minimum atomic E-state index is -4.12. The molecule has 0 saturated heterocycles. The number of allylic oxidation sites excluding steroid dienone is 2. The van der Waals surface area contributed by atoms with Crippen LogP contribution in [0.15, 0.2) is 93.9 Å². The zero-order valence-corrected chi connectivity index (χ0v) is 17.2. The molecule has 0 atom stereocenters. The van der Waals surface area contributed by atoms with Crippen LogP contribution < -0.4 is 10.1 Å². The maximum atomic E-state index is 13.2. The van der Waals surface area contributed by atoms with Crippen molar-refractivity contribution < 1.29 is 22.3 Å². The maximum Gasteiger partial charge on any atom is 0.282 e. The van der Waals surface area contributed by atoms with E-state index in [4.69, 9.17) is 4.74 Å². The third-order valence-corrected chi connectivity index (χ3v) is 5.98. The summed E-state index contributed by atoms with van der Waals surface area (Å²) in [6, 6.07) is 18.0. The van der Waals surface area contributed by atoms with Crippen LogP contribution in [0.1, 0.15) is 15.9 Å². The summed E-state index contributed by atoms with van der Waals surface area (Å²) in [7, 11) is -2.57. The first-order valence-electron chi connectivity index (χ1n) is 9.25. The number of sulfonamides is 1. The molecule has 6 nitrogen and oxygen atoms in total. The van der Waals surface area contributed by atoms with Gasteiger partial charge in [-0.15, -0.1) is 0 Å². The van der Waals surface area contributed by atoms with E-state index in [9.17, 15) is 17.6 Å². The first-order chi connectivity index (χ1) is 14.9. The largest absolute Gasteiger partial charge is 0.497 e. The average Bonchev–Trinajstić information content (AvgIpc) is 2.77. The molecular formula is C23H17FN2O4S. The molecule has 156 valence electrons. The van der Waals surface area contributed by atoms with E-state index in [0.29, 0.717) is 22.6 Å². The number of hydrogen-bond acceptors (Lipinski definition) is 5. The van der Waals surface area contributed by atoms with E-state index in [1.165, 1.54) is 6.08 Å². The molecule has 0 heterocycles. The van der Waals surface area contributed by atoms with Crippen LogP contribution in [0.2, 0.25) is 0 Å². The monoisotopic (exact) mass is 436 g/mol. The van der Waals surface area contributed by atoms with E-state index in [1.807, 2.05) is 0 Å². The highest BCUT2D eigenvalue weighted by atomic mass is 32.2. The molecule has 0 aliphatic heterocycles. The number of nitrogens with zero attached hydrogens (tertiary/aromatic N) is 1. The highest BCUT2D eigenvalue weighted by molar-refractivity contribution is 7.90. The second-order valence-corrected chi connectivity index (χ2v) is 8.30. The number of nitrogens with one attached hydrogen (secondary N) is 1. The van der Waals surface area contributed by atoms with Gasteiger partial charge in [0.25, 0.3) is 10.0 Å². The second kappa shape index (κ2) is 8.16. The molecule has 1 aliphatic rings. The van der Waals surface area contributed by atoms with Crippen molar-refractivity contribution in [2.75, 3.05) is 12.4 Å². The number of carbonyl (C=O) groups excluding carboxylic acids is 1. The van der Waals surface area contributed by atoms with Crippen molar-refractivity contribution in [3.05, 3.63) is 102 Å². The topological polar surface area (TPSA) is 84.8 Å². The number of anilines is 1. The average molecular weight is 436 g/mol. The molecule has 4 rings (SSSR count). The van der Waals surface area contributed by atoms with E-state index < -0.39 is 15.8 Å². The van der Waals surface area contributed by atoms with Gasteiger partial charge in [0.2, 0.25) is 5.78 Å². The van der Waals surface area contributed by atoms with Gasteiger partial charge in [0.1, 0.15) is 11.6 Å². The van der Waals surface area contributed by atoms with Gasteiger partial charge in [0, 0.05) is 16.8 Å². The van der Waals surface area contributed by atoms with Gasteiger partial charge in [-0.25, -0.2) is 4.39 Å². The summed E-state index contributed by atoms with van der Waals surface area (Å²) >= 11 is 0. The Bertz CT molecular complexity index is 1310. The molecule has 3 aromatic carbocycles. The number of fused-ring (bicyclic) bond motifs is 1. The molecule has 0 radical (unpaired) electrons. The van der Waals surface area contributed by atoms with E-state index in [0.717, 1.165) is 24.3 Å². The SMILES string of the molecule is COc1ccc(NC2=C/C(=N\S(=O)(=O)c3ccc(F)cc3)c3ccccc3C2=O)cc1. The number of methoxy groups -OCH3 is 1. The Morgan fingerprint density at radius 1 is 0.903 bits per heavy atom. The lowest BCUT2D eigenvalue weighted by atomic mass is 9.92. The van der Waals surface area contributed by atoms with Crippen molar-refractivity contribution in [2.24, 2.45) is 4.40 Å². The maximum absolute atomic E-state index is 13.2. The van der Waals surface area contributed by atoms with Crippen LogP contribution in [-0.2, 0) is 10.0 Å². The molecule has 1 aliphatic carbocycles. The number of hydrogen-bond donors (Lipinski definition) is 1. The number of ketones is 1. The molecule has 0 spiro atoms. The van der Waals surface area contributed by atoms with Crippen molar-refractivity contribution in [1.82, 2.24) is 0 Å². The second-order valence-electron chi connectivity index (χ2n) is 6.69. The van der Waals surface area contributed by atoms with Gasteiger partial charge in [-0.2, -0.15) is 12.8 Å². The third kappa shape index (κ3) is 4.24. The first-order valence-corrected chi connectivity index (χ1v) is 10.7. The summed E-state index contributed by atoms with van der Waals surface area (Å²) in [4.78, 5) is 12.8. The summed E-state index contributed by atoms with van der Waals surface area (Å²) in [5, 5.41) is 3.02. The van der Waals surface area contributed by atoms with Gasteiger partial charge in [-0.05, 0) is 54.6 Å². The van der Waals surface area contributed by atoms with Crippen molar-refractivity contribution in [3.8, 4) is 5.75 Å². The van der Waals surface area contributed by atoms with Crippen LogP contribution in [0, 0.1) is 5.82 Å². The van der Waals surface area contributed by atoms with Crippen LogP contribution >= 0.6 is 0 Å². The first kappa shape index (κ1) is 20.5. The zero-order valence-electron chi connectivity index (χ0n) is 16.4. The van der Waals surface area contributed by atoms with Crippen molar-refractivity contribution >= 4 is 27.2 Å². The Labute approximate surface area is 178 Å². The van der Waals surface area contributed by atoms with Gasteiger partial charge >= 0.3 is 0 Å². The smallest absolute Gasteiger partial charge is 0.282 e. The van der Waals surface area contributed by atoms with Gasteiger partial charge in [-0.3, -0.25) is 4.79 Å². The number of halogens is 1. The lowest BCUT2D eigenvalue weighted by Crippen LogP contribution is -2.22. The Kier molecular flexibility index (Phi) is 5.39. The normalized spacial score (nSPS) is 14.7. The van der Waals surface area contributed by atoms with Crippen LogP contribution in [0.3, 0.4) is 0 Å². The van der Waals surface area contributed by atoms with Crippen LogP contribution in [0.4, 0.5) is 10.1 Å². The molecule has 0 unspecified atom stereocenters. The minimum absolute atomic E-state index is 0.107. The van der Waals surface area contributed by atoms with Gasteiger partial charge < -0.3 is 10.1 Å². The lowest BCUT2D eigenvalue weighted by molar-refractivity contribution is 0.103. The van der Waals surface area contributed by atoms with Crippen LogP contribution in [0.5, 0.6) is 5.75 Å². The molecule has 0 saturated carbocycles. The summed E-state index contributed by atoms with van der Waals surface area (Å²) in [6.45, 7) is 0. The van der Waals surface area contributed by atoms with Crippen molar-refractivity contribution in [3.63, 3.8) is 0 Å². The van der Waals surface area contributed by atoms with E-state index in [1.54, 1.807) is 55.6 Å². The fourth-order valence-electron chi connectivity index (χ4n) is 3.12. The Morgan fingerprint density at radius 3 is 2.19 bits per heavy atom. The highest BCUT2D eigenvalue weighted by Crippen LogP contribution is 2.26. The van der Waals surface area contributed by atoms with E-state index in [-0.39, 0.29) is 22.1 Å². The number of benzene rings is 3. The molecule has 0 fully saturated rings. The molecule has 3 aromatic rings. The molecule has 1 N–H and O–H groups in total.